The molecule has 0 saturated heterocycles. The molecule has 7 heteroatoms. The molecule has 1 heterocycles. The number of nitrogens with one attached hydrogen (secondary N) is 2. The topological polar surface area (TPSA) is 91.3 Å². The predicted octanol–water partition coefficient (Wildman–Crippen LogP) is 1.91. The first kappa shape index (κ1) is 16.9. The van der Waals surface area contributed by atoms with E-state index in [1.807, 2.05) is 0 Å². The van der Waals surface area contributed by atoms with Crippen molar-refractivity contribution in [2.75, 3.05) is 11.9 Å². The minimum absolute atomic E-state index is 0.160. The molecule has 23 heavy (non-hydrogen) atoms. The van der Waals surface area contributed by atoms with Crippen molar-refractivity contribution >= 4 is 29.1 Å². The number of hydrogen-bond acceptors (Lipinski definition) is 4. The Balaban J connectivity index is 1.77. The van der Waals surface area contributed by atoms with Crippen LogP contribution in [0.15, 0.2) is 48.8 Å². The average molecular weight is 334 g/mol. The molecule has 120 valence electrons. The van der Waals surface area contributed by atoms with E-state index in [4.69, 9.17) is 11.6 Å². The Morgan fingerprint density at radius 1 is 1.22 bits per heavy atom. The molecule has 2 rings (SSSR count). The largest absolute Gasteiger partial charge is 0.388 e. The summed E-state index contributed by atoms with van der Waals surface area (Å²) in [7, 11) is 0. The summed E-state index contributed by atoms with van der Waals surface area (Å²) in [5.41, 5.74) is 1.10. The normalized spacial score (nSPS) is 11.6. The Labute approximate surface area is 138 Å². The fraction of sp³-hybridized carbons (Fsp3) is 0.188. The molecule has 3 N–H and O–H groups in total. The summed E-state index contributed by atoms with van der Waals surface area (Å²) in [6, 6.07) is 10.1. The number of rotatable bonds is 5. The van der Waals surface area contributed by atoms with Crippen LogP contribution in [0.5, 0.6) is 0 Å². The number of carbonyl (C=O) groups excluding carboxylic acids is 2. The zero-order valence-corrected chi connectivity index (χ0v) is 13.0. The molecule has 0 unspecified atom stereocenters. The van der Waals surface area contributed by atoms with Gasteiger partial charge < -0.3 is 15.7 Å². The number of benzene rings is 1. The van der Waals surface area contributed by atoms with E-state index >= 15 is 0 Å². The predicted molar refractivity (Wildman–Crippen MR) is 86.9 cm³/mol. The highest BCUT2D eigenvalue weighted by Gasteiger charge is 2.14. The van der Waals surface area contributed by atoms with E-state index in [9.17, 15) is 14.7 Å². The summed E-state index contributed by atoms with van der Waals surface area (Å²) >= 11 is 5.85. The van der Waals surface area contributed by atoms with Gasteiger partial charge in [0.05, 0.1) is 18.0 Å². The highest BCUT2D eigenvalue weighted by Crippen LogP contribution is 2.19. The molecule has 1 aromatic carbocycles. The second-order valence-corrected chi connectivity index (χ2v) is 5.25. The van der Waals surface area contributed by atoms with Gasteiger partial charge in [-0.25, -0.2) is 0 Å². The molecule has 0 spiro atoms. The minimum atomic E-state index is -0.782. The van der Waals surface area contributed by atoms with Crippen molar-refractivity contribution in [3.8, 4) is 0 Å². The first-order valence-electron chi connectivity index (χ1n) is 6.99. The summed E-state index contributed by atoms with van der Waals surface area (Å²) in [6.07, 6.45) is 2.50. The van der Waals surface area contributed by atoms with Crippen LogP contribution in [-0.4, -0.2) is 28.4 Å². The Hall–Kier alpha value is -2.44. The fourth-order valence-corrected chi connectivity index (χ4v) is 2.11. The second kappa shape index (κ2) is 8.26. The van der Waals surface area contributed by atoms with E-state index in [1.54, 1.807) is 42.6 Å². The third-order valence-corrected chi connectivity index (χ3v) is 3.30. The Bertz CT molecular complexity index is 679. The van der Waals surface area contributed by atoms with Gasteiger partial charge in [0.2, 0.25) is 0 Å². The van der Waals surface area contributed by atoms with Gasteiger partial charge in [0.15, 0.2) is 0 Å². The number of hydrogen-bond donors (Lipinski definition) is 3. The molecule has 1 aromatic heterocycles. The molecule has 1 atom stereocenters. The van der Waals surface area contributed by atoms with Gasteiger partial charge in [-0.2, -0.15) is 0 Å². The van der Waals surface area contributed by atoms with Gasteiger partial charge in [0, 0.05) is 17.8 Å². The average Bonchev–Trinajstić information content (AvgIpc) is 2.55. The molecule has 0 aliphatic rings. The van der Waals surface area contributed by atoms with Gasteiger partial charge in [-0.15, -0.1) is 0 Å². The number of aliphatic hydroxyl groups is 1. The number of carbonyl (C=O) groups is 2. The number of nitrogens with zero attached hydrogens (tertiary/aromatic N) is 1. The second-order valence-electron chi connectivity index (χ2n) is 4.81. The lowest BCUT2D eigenvalue weighted by molar-refractivity contribution is -0.136. The summed E-state index contributed by atoms with van der Waals surface area (Å²) < 4.78 is 0. The van der Waals surface area contributed by atoms with Gasteiger partial charge in [-0.3, -0.25) is 14.6 Å². The third-order valence-electron chi connectivity index (χ3n) is 3.06. The van der Waals surface area contributed by atoms with Crippen LogP contribution in [0.3, 0.4) is 0 Å². The van der Waals surface area contributed by atoms with Crippen LogP contribution in [0, 0.1) is 0 Å². The van der Waals surface area contributed by atoms with E-state index in [-0.39, 0.29) is 13.0 Å². The number of aromatic nitrogens is 1. The summed E-state index contributed by atoms with van der Waals surface area (Å²) in [5, 5.41) is 15.4. The maximum Gasteiger partial charge on any atom is 0.313 e. The van der Waals surface area contributed by atoms with Crippen molar-refractivity contribution in [2.45, 2.75) is 12.5 Å². The van der Waals surface area contributed by atoms with Gasteiger partial charge >= 0.3 is 11.8 Å². The molecule has 0 bridgehead atoms. The molecule has 0 aliphatic carbocycles. The molecule has 2 amide bonds. The lowest BCUT2D eigenvalue weighted by Crippen LogP contribution is -2.36. The highest BCUT2D eigenvalue weighted by atomic mass is 35.5. The van der Waals surface area contributed by atoms with Crippen LogP contribution < -0.4 is 10.6 Å². The van der Waals surface area contributed by atoms with Crippen molar-refractivity contribution in [3.63, 3.8) is 0 Å². The summed E-state index contributed by atoms with van der Waals surface area (Å²) in [6.45, 7) is 0.160. The molecule has 0 aliphatic heterocycles. The molecular weight excluding hydrogens is 318 g/mol. The molecular formula is C16H16ClN3O3. The van der Waals surface area contributed by atoms with Crippen LogP contribution in [0.1, 0.15) is 18.1 Å². The lowest BCUT2D eigenvalue weighted by atomic mass is 10.1. The zero-order chi connectivity index (χ0) is 16.7. The van der Waals surface area contributed by atoms with E-state index < -0.39 is 17.9 Å². The van der Waals surface area contributed by atoms with Crippen molar-refractivity contribution < 1.29 is 14.7 Å². The van der Waals surface area contributed by atoms with E-state index in [1.165, 1.54) is 6.20 Å². The van der Waals surface area contributed by atoms with E-state index in [2.05, 4.69) is 15.6 Å². The quantitative estimate of drug-likeness (QED) is 0.729. The van der Waals surface area contributed by atoms with E-state index in [0.29, 0.717) is 16.3 Å². The van der Waals surface area contributed by atoms with Crippen molar-refractivity contribution in [2.24, 2.45) is 0 Å². The van der Waals surface area contributed by atoms with Crippen molar-refractivity contribution in [1.82, 2.24) is 10.3 Å². The van der Waals surface area contributed by atoms with Crippen molar-refractivity contribution in [1.29, 1.82) is 0 Å². The fourth-order valence-electron chi connectivity index (χ4n) is 1.91. The number of aliphatic hydroxyl groups excluding tert-OH is 1. The molecule has 0 radical (unpaired) electrons. The maximum absolute atomic E-state index is 11.7. The van der Waals surface area contributed by atoms with Gasteiger partial charge in [0.25, 0.3) is 0 Å². The number of pyridine rings is 1. The van der Waals surface area contributed by atoms with Crippen molar-refractivity contribution in [3.05, 3.63) is 59.4 Å². The summed E-state index contributed by atoms with van der Waals surface area (Å²) in [5.74, 6) is -1.55. The van der Waals surface area contributed by atoms with Crippen LogP contribution >= 0.6 is 11.6 Å². The first-order valence-corrected chi connectivity index (χ1v) is 7.37. The number of amides is 2. The third kappa shape index (κ3) is 5.36. The highest BCUT2D eigenvalue weighted by molar-refractivity contribution is 6.39. The lowest BCUT2D eigenvalue weighted by Gasteiger charge is -2.12. The van der Waals surface area contributed by atoms with Crippen LogP contribution in [0.25, 0.3) is 0 Å². The van der Waals surface area contributed by atoms with Gasteiger partial charge in [-0.1, -0.05) is 23.7 Å². The molecule has 0 fully saturated rings. The molecule has 2 aromatic rings. The minimum Gasteiger partial charge on any atom is -0.388 e. The smallest absolute Gasteiger partial charge is 0.313 e. The van der Waals surface area contributed by atoms with Crippen LogP contribution in [0.2, 0.25) is 5.02 Å². The van der Waals surface area contributed by atoms with Crippen LogP contribution in [-0.2, 0) is 9.59 Å². The SMILES string of the molecule is O=C(NCC[C@H](O)c1cccc(Cl)c1)C(=O)Nc1cccnc1. The Kier molecular flexibility index (Phi) is 6.08. The zero-order valence-electron chi connectivity index (χ0n) is 12.2. The maximum atomic E-state index is 11.7. The number of halogens is 1. The van der Waals surface area contributed by atoms with Gasteiger partial charge in [-0.05, 0) is 36.2 Å². The van der Waals surface area contributed by atoms with E-state index in [0.717, 1.165) is 0 Å². The van der Waals surface area contributed by atoms with Gasteiger partial charge in [0.1, 0.15) is 0 Å². The van der Waals surface area contributed by atoms with Crippen LogP contribution in [0.4, 0.5) is 5.69 Å². The molecule has 6 nitrogen and oxygen atoms in total. The Morgan fingerprint density at radius 2 is 2.04 bits per heavy atom. The Morgan fingerprint density at radius 3 is 2.74 bits per heavy atom. The number of anilines is 1. The monoisotopic (exact) mass is 333 g/mol. The molecule has 0 saturated carbocycles. The first-order chi connectivity index (χ1) is 11.1. The summed E-state index contributed by atoms with van der Waals surface area (Å²) in [4.78, 5) is 27.2. The standard InChI is InChI=1S/C16H16ClN3O3/c17-12-4-1-3-11(9-12)14(21)6-8-19-15(22)16(23)20-13-5-2-7-18-10-13/h1-5,7,9-10,14,21H,6,8H2,(H,19,22)(H,20,23)/t14-/m0/s1.